The Bertz CT molecular complexity index is 810. The topological polar surface area (TPSA) is 78.7 Å². The lowest BCUT2D eigenvalue weighted by molar-refractivity contribution is -0.120. The lowest BCUT2D eigenvalue weighted by Gasteiger charge is -2.33. The van der Waals surface area contributed by atoms with E-state index in [4.69, 9.17) is 4.52 Å². The minimum absolute atomic E-state index is 0.201. The Hall–Kier alpha value is -2.74. The summed E-state index contributed by atoms with van der Waals surface area (Å²) in [5.74, 6) is -1.08. The van der Waals surface area contributed by atoms with Gasteiger partial charge in [-0.25, -0.2) is 9.40 Å². The Morgan fingerprint density at radius 3 is 3.04 bits per heavy atom. The smallest absolute Gasteiger partial charge is 0.272 e. The Kier molecular flexibility index (Phi) is 3.76. The highest BCUT2D eigenvalue weighted by Crippen LogP contribution is 2.35. The zero-order chi connectivity index (χ0) is 17.4. The van der Waals surface area contributed by atoms with Crippen LogP contribution in [0.3, 0.4) is 0 Å². The van der Waals surface area contributed by atoms with Crippen LogP contribution in [0.25, 0.3) is 0 Å². The number of nitrogens with one attached hydrogen (secondary N) is 1. The van der Waals surface area contributed by atoms with Crippen molar-refractivity contribution in [3.8, 4) is 0 Å². The number of benzene rings is 1. The van der Waals surface area contributed by atoms with E-state index in [1.165, 1.54) is 29.5 Å². The fourth-order valence-electron chi connectivity index (χ4n) is 3.63. The molecule has 2 aromatic rings. The van der Waals surface area contributed by atoms with Crippen molar-refractivity contribution in [2.24, 2.45) is 0 Å². The van der Waals surface area contributed by atoms with Gasteiger partial charge in [-0.2, -0.15) is 0 Å². The molecule has 2 aliphatic heterocycles. The molecule has 1 atom stereocenters. The second kappa shape index (κ2) is 5.96. The number of hydrogen-bond donors (Lipinski definition) is 1. The molecule has 3 heterocycles. The van der Waals surface area contributed by atoms with Crippen molar-refractivity contribution < 1.29 is 18.5 Å². The molecule has 1 N–H and O–H groups in total. The summed E-state index contributed by atoms with van der Waals surface area (Å²) in [5.41, 5.74) is 3.05. The summed E-state index contributed by atoms with van der Waals surface area (Å²) >= 11 is 0. The number of hydrazine groups is 1. The maximum atomic E-state index is 13.5. The molecule has 25 heavy (non-hydrogen) atoms. The first-order chi connectivity index (χ1) is 12.1. The number of nitrogens with zero attached hydrogens (tertiary/aromatic N) is 3. The maximum absolute atomic E-state index is 13.5. The van der Waals surface area contributed by atoms with E-state index in [9.17, 15) is 14.0 Å². The van der Waals surface area contributed by atoms with E-state index < -0.39 is 17.3 Å². The number of carbonyl (C=O) groups excluding carboxylic acids is 2. The molecule has 0 bridgehead atoms. The predicted molar refractivity (Wildman–Crippen MR) is 84.5 cm³/mol. The van der Waals surface area contributed by atoms with Crippen molar-refractivity contribution in [1.29, 1.82) is 0 Å². The van der Waals surface area contributed by atoms with Crippen LogP contribution in [0.15, 0.2) is 41.1 Å². The van der Waals surface area contributed by atoms with Crippen LogP contribution in [0, 0.1) is 5.82 Å². The van der Waals surface area contributed by atoms with E-state index >= 15 is 0 Å². The number of amides is 2. The third-order valence-corrected chi connectivity index (χ3v) is 4.76. The van der Waals surface area contributed by atoms with Crippen molar-refractivity contribution >= 4 is 11.8 Å². The van der Waals surface area contributed by atoms with Crippen LogP contribution in [0.1, 0.15) is 28.9 Å². The molecule has 0 radical (unpaired) electrons. The van der Waals surface area contributed by atoms with E-state index in [-0.39, 0.29) is 17.9 Å². The van der Waals surface area contributed by atoms with Gasteiger partial charge in [-0.15, -0.1) is 0 Å². The second-order valence-electron chi connectivity index (χ2n) is 6.54. The van der Waals surface area contributed by atoms with Crippen LogP contribution in [0.2, 0.25) is 0 Å². The fraction of sp³-hybridized carbons (Fsp3) is 0.353. The zero-order valence-electron chi connectivity index (χ0n) is 13.4. The Labute approximate surface area is 143 Å². The maximum Gasteiger partial charge on any atom is 0.272 e. The summed E-state index contributed by atoms with van der Waals surface area (Å²) in [7, 11) is 0. The Morgan fingerprint density at radius 1 is 1.40 bits per heavy atom. The van der Waals surface area contributed by atoms with Gasteiger partial charge in [-0.1, -0.05) is 11.2 Å². The minimum Gasteiger partial charge on any atom is -0.364 e. The third-order valence-electron chi connectivity index (χ3n) is 4.76. The standard InChI is InChI=1S/C17H17FN4O3/c18-13-3-1-2-12(8-13)16(24)22-17(9-15(23)19-22)5-6-21(11-17)10-14-4-7-25-20-14/h1-4,7-8H,5-6,9-11H2,(H,19,23). The van der Waals surface area contributed by atoms with E-state index in [0.29, 0.717) is 19.5 Å². The monoisotopic (exact) mass is 344 g/mol. The molecule has 7 nitrogen and oxygen atoms in total. The van der Waals surface area contributed by atoms with Gasteiger partial charge in [0.2, 0.25) is 5.91 Å². The molecule has 0 aliphatic carbocycles. The average molecular weight is 344 g/mol. The molecule has 4 rings (SSSR count). The first-order valence-electron chi connectivity index (χ1n) is 8.07. The number of hydrogen-bond acceptors (Lipinski definition) is 5. The summed E-state index contributed by atoms with van der Waals surface area (Å²) in [5, 5.41) is 5.28. The Balaban J connectivity index is 1.55. The second-order valence-corrected chi connectivity index (χ2v) is 6.54. The van der Waals surface area contributed by atoms with Crippen molar-refractivity contribution in [3.05, 3.63) is 53.7 Å². The number of carbonyl (C=O) groups is 2. The number of aromatic nitrogens is 1. The molecule has 0 saturated carbocycles. The van der Waals surface area contributed by atoms with Gasteiger partial charge in [0.05, 0.1) is 17.7 Å². The fourth-order valence-corrected chi connectivity index (χ4v) is 3.63. The predicted octanol–water partition coefficient (Wildman–Crippen LogP) is 1.34. The van der Waals surface area contributed by atoms with Crippen molar-refractivity contribution in [2.75, 3.05) is 13.1 Å². The number of likely N-dealkylation sites (tertiary alicyclic amines) is 1. The minimum atomic E-state index is -0.621. The van der Waals surface area contributed by atoms with Crippen molar-refractivity contribution in [3.63, 3.8) is 0 Å². The lowest BCUT2D eigenvalue weighted by Crippen LogP contribution is -2.53. The summed E-state index contributed by atoms with van der Waals surface area (Å²) in [6.45, 7) is 1.86. The quantitative estimate of drug-likeness (QED) is 0.909. The van der Waals surface area contributed by atoms with Gasteiger partial charge in [0.25, 0.3) is 5.91 Å². The third kappa shape index (κ3) is 2.89. The number of halogens is 1. The molecule has 2 saturated heterocycles. The summed E-state index contributed by atoms with van der Waals surface area (Å²) in [6, 6.07) is 7.29. The molecule has 1 aromatic carbocycles. The highest BCUT2D eigenvalue weighted by Gasteiger charge is 2.52. The van der Waals surface area contributed by atoms with Gasteiger partial charge < -0.3 is 4.52 Å². The normalized spacial score (nSPS) is 23.4. The first kappa shape index (κ1) is 15.8. The SMILES string of the molecule is O=C1CC2(CCN(Cc3ccon3)C2)N(C(=O)c2cccc(F)c2)N1. The van der Waals surface area contributed by atoms with Crippen LogP contribution >= 0.6 is 0 Å². The van der Waals surface area contributed by atoms with E-state index in [0.717, 1.165) is 12.2 Å². The molecule has 1 spiro atoms. The van der Waals surface area contributed by atoms with Crippen LogP contribution in [-0.4, -0.2) is 45.5 Å². The molecule has 8 heteroatoms. The van der Waals surface area contributed by atoms with E-state index in [1.807, 2.05) is 0 Å². The molecule has 2 amide bonds. The first-order valence-corrected chi connectivity index (χ1v) is 8.07. The molecule has 2 fully saturated rings. The van der Waals surface area contributed by atoms with Crippen LogP contribution in [-0.2, 0) is 11.3 Å². The van der Waals surface area contributed by atoms with Gasteiger partial charge in [-0.05, 0) is 24.6 Å². The molecule has 1 unspecified atom stereocenters. The molecule has 1 aromatic heterocycles. The molecule has 130 valence electrons. The molecular weight excluding hydrogens is 327 g/mol. The summed E-state index contributed by atoms with van der Waals surface area (Å²) in [4.78, 5) is 27.0. The highest BCUT2D eigenvalue weighted by molar-refractivity contribution is 5.98. The average Bonchev–Trinajstić information content (AvgIpc) is 3.29. The van der Waals surface area contributed by atoms with E-state index in [2.05, 4.69) is 15.5 Å². The van der Waals surface area contributed by atoms with Gasteiger partial charge in [-0.3, -0.25) is 19.9 Å². The zero-order valence-corrected chi connectivity index (χ0v) is 13.4. The molecule has 2 aliphatic rings. The van der Waals surface area contributed by atoms with Gasteiger partial charge in [0.15, 0.2) is 0 Å². The summed E-state index contributed by atoms with van der Waals surface area (Å²) in [6.07, 6.45) is 2.41. The van der Waals surface area contributed by atoms with Gasteiger partial charge in [0, 0.05) is 31.3 Å². The Morgan fingerprint density at radius 2 is 2.28 bits per heavy atom. The summed E-state index contributed by atoms with van der Waals surface area (Å²) < 4.78 is 18.3. The van der Waals surface area contributed by atoms with Gasteiger partial charge in [0.1, 0.15) is 12.1 Å². The highest BCUT2D eigenvalue weighted by atomic mass is 19.1. The van der Waals surface area contributed by atoms with E-state index in [1.54, 1.807) is 12.1 Å². The van der Waals surface area contributed by atoms with Crippen molar-refractivity contribution in [1.82, 2.24) is 20.5 Å². The van der Waals surface area contributed by atoms with Crippen molar-refractivity contribution in [2.45, 2.75) is 24.9 Å². The van der Waals surface area contributed by atoms with Crippen LogP contribution in [0.5, 0.6) is 0 Å². The van der Waals surface area contributed by atoms with Crippen LogP contribution in [0.4, 0.5) is 4.39 Å². The largest absolute Gasteiger partial charge is 0.364 e. The lowest BCUT2D eigenvalue weighted by atomic mass is 9.94. The van der Waals surface area contributed by atoms with Crippen LogP contribution < -0.4 is 5.43 Å². The number of rotatable bonds is 3. The molecular formula is C17H17FN4O3. The van der Waals surface area contributed by atoms with Gasteiger partial charge >= 0.3 is 0 Å².